The lowest BCUT2D eigenvalue weighted by molar-refractivity contribution is 1.02. The number of aryl methyl sites for hydroxylation is 1. The predicted octanol–water partition coefficient (Wildman–Crippen LogP) is 1.99. The van der Waals surface area contributed by atoms with Crippen LogP contribution < -0.4 is 10.6 Å². The van der Waals surface area contributed by atoms with E-state index in [9.17, 15) is 0 Å². The van der Waals surface area contributed by atoms with Crippen molar-refractivity contribution in [1.82, 2.24) is 15.2 Å². The Morgan fingerprint density at radius 1 is 1.18 bits per heavy atom. The average Bonchev–Trinajstić information content (AvgIpc) is 2.33. The fraction of sp³-hybridized carbons (Fsp3) is 0.0909. The number of nitrogens with zero attached hydrogens (tertiary/aromatic N) is 3. The van der Waals surface area contributed by atoms with E-state index in [0.29, 0.717) is 16.7 Å². The molecule has 0 aromatic carbocycles. The molecular weight excluding hydrogens is 234 g/mol. The Kier molecular flexibility index (Phi) is 3.56. The Balaban J connectivity index is 2.01. The summed E-state index contributed by atoms with van der Waals surface area (Å²) >= 11 is 5.15. The highest BCUT2D eigenvalue weighted by Crippen LogP contribution is 2.08. The van der Waals surface area contributed by atoms with Gasteiger partial charge in [0, 0.05) is 6.20 Å². The molecule has 0 radical (unpaired) electrons. The van der Waals surface area contributed by atoms with Crippen LogP contribution >= 0.6 is 12.2 Å². The summed E-state index contributed by atoms with van der Waals surface area (Å²) in [5.41, 5.74) is 0.977. The molecule has 2 aromatic rings. The van der Waals surface area contributed by atoms with E-state index in [4.69, 9.17) is 12.2 Å². The number of rotatable bonds is 2. The standard InChI is InChI=1S/C11H11N5S/c1-8-5-7-13-16-10(8)15-11(17)14-9-4-2-3-6-12-9/h2-7H,1H3,(H2,12,14,15,16,17). The first-order valence-corrected chi connectivity index (χ1v) is 5.44. The van der Waals surface area contributed by atoms with Gasteiger partial charge in [0.1, 0.15) is 5.82 Å². The minimum absolute atomic E-state index is 0.437. The smallest absolute Gasteiger partial charge is 0.177 e. The highest BCUT2D eigenvalue weighted by Gasteiger charge is 2.02. The van der Waals surface area contributed by atoms with Crippen LogP contribution in [0, 0.1) is 6.92 Å². The number of hydrogen-bond acceptors (Lipinski definition) is 4. The van der Waals surface area contributed by atoms with E-state index in [0.717, 1.165) is 5.56 Å². The Morgan fingerprint density at radius 2 is 2.06 bits per heavy atom. The fourth-order valence-electron chi connectivity index (χ4n) is 1.21. The number of thiocarbonyl (C=S) groups is 1. The van der Waals surface area contributed by atoms with Crippen LogP contribution in [0.1, 0.15) is 5.56 Å². The lowest BCUT2D eigenvalue weighted by Gasteiger charge is -2.09. The quantitative estimate of drug-likeness (QED) is 0.789. The molecule has 0 spiro atoms. The molecule has 2 aromatic heterocycles. The Labute approximate surface area is 104 Å². The van der Waals surface area contributed by atoms with Crippen molar-refractivity contribution in [3.63, 3.8) is 0 Å². The van der Waals surface area contributed by atoms with E-state index in [1.54, 1.807) is 12.4 Å². The number of nitrogens with one attached hydrogen (secondary N) is 2. The van der Waals surface area contributed by atoms with Gasteiger partial charge in [-0.3, -0.25) is 0 Å². The predicted molar refractivity (Wildman–Crippen MR) is 70.8 cm³/mol. The highest BCUT2D eigenvalue weighted by molar-refractivity contribution is 7.80. The third-order valence-corrected chi connectivity index (χ3v) is 2.27. The van der Waals surface area contributed by atoms with E-state index in [1.807, 2.05) is 31.2 Å². The molecule has 0 unspecified atom stereocenters. The van der Waals surface area contributed by atoms with Crippen molar-refractivity contribution >= 4 is 29.0 Å². The number of pyridine rings is 1. The van der Waals surface area contributed by atoms with E-state index in [2.05, 4.69) is 25.8 Å². The van der Waals surface area contributed by atoms with Gasteiger partial charge in [-0.25, -0.2) is 4.98 Å². The Bertz CT molecular complexity index is 514. The fourth-order valence-corrected chi connectivity index (χ4v) is 1.41. The topological polar surface area (TPSA) is 62.7 Å². The summed E-state index contributed by atoms with van der Waals surface area (Å²) in [6, 6.07) is 7.41. The van der Waals surface area contributed by atoms with Gasteiger partial charge in [0.25, 0.3) is 0 Å². The third kappa shape index (κ3) is 3.18. The first kappa shape index (κ1) is 11.4. The normalized spacial score (nSPS) is 9.71. The molecule has 2 heterocycles. The van der Waals surface area contributed by atoms with Crippen molar-refractivity contribution in [3.8, 4) is 0 Å². The maximum Gasteiger partial charge on any atom is 0.177 e. The zero-order valence-corrected chi connectivity index (χ0v) is 10.0. The SMILES string of the molecule is Cc1ccnnc1NC(=S)Nc1ccccn1. The van der Waals surface area contributed by atoms with Gasteiger partial charge in [-0.1, -0.05) is 6.07 Å². The molecule has 0 atom stereocenters. The highest BCUT2D eigenvalue weighted by atomic mass is 32.1. The van der Waals surface area contributed by atoms with Crippen molar-refractivity contribution in [2.75, 3.05) is 10.6 Å². The monoisotopic (exact) mass is 245 g/mol. The first-order valence-electron chi connectivity index (χ1n) is 5.03. The van der Waals surface area contributed by atoms with Crippen LogP contribution in [0.15, 0.2) is 36.7 Å². The zero-order chi connectivity index (χ0) is 12.1. The molecule has 5 nitrogen and oxygen atoms in total. The molecule has 0 amide bonds. The summed E-state index contributed by atoms with van der Waals surface area (Å²) in [4.78, 5) is 4.11. The van der Waals surface area contributed by atoms with Crippen LogP contribution in [0.2, 0.25) is 0 Å². The van der Waals surface area contributed by atoms with E-state index >= 15 is 0 Å². The van der Waals surface area contributed by atoms with Crippen LogP contribution in [-0.2, 0) is 0 Å². The maximum absolute atomic E-state index is 5.15. The molecule has 0 saturated carbocycles. The molecule has 17 heavy (non-hydrogen) atoms. The van der Waals surface area contributed by atoms with Gasteiger partial charge in [0.2, 0.25) is 0 Å². The van der Waals surface area contributed by atoms with Crippen LogP contribution in [-0.4, -0.2) is 20.3 Å². The summed E-state index contributed by atoms with van der Waals surface area (Å²) in [5.74, 6) is 1.33. The molecule has 0 saturated heterocycles. The molecular formula is C11H11N5S. The second-order valence-electron chi connectivity index (χ2n) is 3.36. The molecule has 2 N–H and O–H groups in total. The molecule has 0 aliphatic carbocycles. The van der Waals surface area contributed by atoms with E-state index in [-0.39, 0.29) is 0 Å². The van der Waals surface area contributed by atoms with Crippen molar-refractivity contribution in [2.24, 2.45) is 0 Å². The zero-order valence-electron chi connectivity index (χ0n) is 9.21. The summed E-state index contributed by atoms with van der Waals surface area (Å²) in [6.45, 7) is 1.93. The Morgan fingerprint density at radius 3 is 2.76 bits per heavy atom. The number of hydrogen-bond donors (Lipinski definition) is 2. The molecule has 6 heteroatoms. The molecule has 0 aliphatic rings. The van der Waals surface area contributed by atoms with Crippen LogP contribution in [0.5, 0.6) is 0 Å². The lowest BCUT2D eigenvalue weighted by atomic mass is 10.3. The van der Waals surface area contributed by atoms with Gasteiger partial charge in [-0.05, 0) is 42.9 Å². The van der Waals surface area contributed by atoms with Crippen LogP contribution in [0.3, 0.4) is 0 Å². The summed E-state index contributed by atoms with van der Waals surface area (Å²) in [6.07, 6.45) is 3.33. The van der Waals surface area contributed by atoms with Crippen LogP contribution in [0.4, 0.5) is 11.6 Å². The second-order valence-corrected chi connectivity index (χ2v) is 3.77. The average molecular weight is 245 g/mol. The van der Waals surface area contributed by atoms with E-state index < -0.39 is 0 Å². The minimum atomic E-state index is 0.437. The van der Waals surface area contributed by atoms with E-state index in [1.165, 1.54) is 0 Å². The van der Waals surface area contributed by atoms with Crippen LogP contribution in [0.25, 0.3) is 0 Å². The molecule has 0 fully saturated rings. The van der Waals surface area contributed by atoms with Crippen molar-refractivity contribution < 1.29 is 0 Å². The number of aromatic nitrogens is 3. The number of anilines is 2. The van der Waals surface area contributed by atoms with Gasteiger partial charge < -0.3 is 10.6 Å². The Hall–Kier alpha value is -2.08. The van der Waals surface area contributed by atoms with Crippen molar-refractivity contribution in [2.45, 2.75) is 6.92 Å². The molecule has 2 rings (SSSR count). The van der Waals surface area contributed by atoms with Gasteiger partial charge in [-0.2, -0.15) is 5.10 Å². The molecule has 0 aliphatic heterocycles. The van der Waals surface area contributed by atoms with Gasteiger partial charge in [0.05, 0.1) is 6.20 Å². The van der Waals surface area contributed by atoms with Crippen molar-refractivity contribution in [3.05, 3.63) is 42.2 Å². The third-order valence-electron chi connectivity index (χ3n) is 2.06. The van der Waals surface area contributed by atoms with Crippen molar-refractivity contribution in [1.29, 1.82) is 0 Å². The second kappa shape index (κ2) is 5.31. The molecule has 86 valence electrons. The maximum atomic E-state index is 5.15. The largest absolute Gasteiger partial charge is 0.317 e. The van der Waals surface area contributed by atoms with Gasteiger partial charge in [-0.15, -0.1) is 5.10 Å². The summed E-state index contributed by atoms with van der Waals surface area (Å²) in [5, 5.41) is 14.1. The summed E-state index contributed by atoms with van der Waals surface area (Å²) in [7, 11) is 0. The lowest BCUT2D eigenvalue weighted by Crippen LogP contribution is -2.21. The molecule has 0 bridgehead atoms. The van der Waals surface area contributed by atoms with Gasteiger partial charge in [0.15, 0.2) is 10.9 Å². The minimum Gasteiger partial charge on any atom is -0.317 e. The summed E-state index contributed by atoms with van der Waals surface area (Å²) < 4.78 is 0. The van der Waals surface area contributed by atoms with Gasteiger partial charge >= 0.3 is 0 Å². The first-order chi connectivity index (χ1) is 8.25.